The Morgan fingerprint density at radius 1 is 0.556 bits per heavy atom. The Morgan fingerprint density at radius 3 is 1.33 bits per heavy atom. The smallest absolute Gasteiger partial charge is 1.00 e. The van der Waals surface area contributed by atoms with E-state index in [1.54, 1.807) is 36.5 Å². The summed E-state index contributed by atoms with van der Waals surface area (Å²) in [5, 5.41) is 0. The Morgan fingerprint density at radius 2 is 0.956 bits per heavy atom. The molecule has 230 valence electrons. The first-order valence-corrected chi connectivity index (χ1v) is 24.3. The van der Waals surface area contributed by atoms with Crippen LogP contribution in [0.15, 0.2) is 96.1 Å². The van der Waals surface area contributed by atoms with Gasteiger partial charge in [0, 0.05) is 0 Å². The van der Waals surface area contributed by atoms with Gasteiger partial charge in [0.25, 0.3) is 0 Å². The summed E-state index contributed by atoms with van der Waals surface area (Å²) < 4.78 is 14.3. The van der Waals surface area contributed by atoms with Crippen molar-refractivity contribution in [2.45, 2.75) is 54.2 Å². The molecule has 4 aromatic rings. The number of halogens is 2. The molecule has 4 aromatic carbocycles. The van der Waals surface area contributed by atoms with Gasteiger partial charge in [-0.1, -0.05) is 0 Å². The Balaban J connectivity index is 0.00000179. The van der Waals surface area contributed by atoms with Gasteiger partial charge >= 0.3 is 262 Å². The molecule has 0 N–H and O–H groups in total. The zero-order valence-electron chi connectivity index (χ0n) is 26.4. The molecule has 3 aliphatic carbocycles. The Bertz CT molecular complexity index is 1660. The SMILES string of the molecule is COc1ccc(-c2cccc3c2C=C(C)[CH]3[Hf+2]2([CH]3C(C)=Cc4c(-c5ccc(OC)cc5)cccc43)[CH]3CCCC[CH]32)cc1.[Cl-].[Cl-]. The van der Waals surface area contributed by atoms with Crippen LogP contribution in [0.5, 0.6) is 11.5 Å². The van der Waals surface area contributed by atoms with E-state index < -0.39 is 20.0 Å². The van der Waals surface area contributed by atoms with Crippen LogP contribution in [-0.2, 0) is 20.0 Å². The number of allylic oxidation sites excluding steroid dienone is 2. The van der Waals surface area contributed by atoms with Gasteiger partial charge in [0.1, 0.15) is 0 Å². The third-order valence-electron chi connectivity index (χ3n) is 11.3. The Labute approximate surface area is 285 Å². The molecular weight excluding hydrogens is 762 g/mol. The van der Waals surface area contributed by atoms with E-state index in [0.29, 0.717) is 7.35 Å². The molecule has 2 nitrogen and oxygen atoms in total. The molecule has 5 heteroatoms. The first kappa shape index (κ1) is 32.4. The Hall–Kier alpha value is -2.59. The van der Waals surface area contributed by atoms with Gasteiger partial charge in [-0.3, -0.25) is 0 Å². The molecule has 45 heavy (non-hydrogen) atoms. The molecule has 1 heterocycles. The topological polar surface area (TPSA) is 18.5 Å². The summed E-state index contributed by atoms with van der Waals surface area (Å²) in [5.41, 5.74) is 14.8. The van der Waals surface area contributed by atoms with E-state index in [-0.39, 0.29) is 24.8 Å². The van der Waals surface area contributed by atoms with Crippen LogP contribution in [-0.4, -0.2) is 14.2 Å². The first-order chi connectivity index (χ1) is 21.1. The van der Waals surface area contributed by atoms with Crippen LogP contribution in [0.1, 0.15) is 69.1 Å². The molecule has 1 aliphatic heterocycles. The fourth-order valence-electron chi connectivity index (χ4n) is 9.72. The molecular formula is C40H40Cl2HfO2. The molecule has 1 saturated carbocycles. The predicted molar refractivity (Wildman–Crippen MR) is 176 cm³/mol. The maximum absolute atomic E-state index is 5.47. The van der Waals surface area contributed by atoms with Gasteiger partial charge in [0.05, 0.1) is 0 Å². The molecule has 4 atom stereocenters. The minimum Gasteiger partial charge on any atom is -1.00 e. The minimum atomic E-state index is -3.12. The van der Waals surface area contributed by atoms with E-state index in [9.17, 15) is 0 Å². The van der Waals surface area contributed by atoms with Crippen molar-refractivity contribution in [2.24, 2.45) is 0 Å². The molecule has 0 spiro atoms. The van der Waals surface area contributed by atoms with Gasteiger partial charge in [-0.15, -0.1) is 0 Å². The fourth-order valence-corrected chi connectivity index (χ4v) is 45.2. The van der Waals surface area contributed by atoms with Crippen LogP contribution < -0.4 is 34.3 Å². The van der Waals surface area contributed by atoms with E-state index in [1.165, 1.54) is 59.1 Å². The van der Waals surface area contributed by atoms with Crippen LogP contribution in [0.25, 0.3) is 34.4 Å². The molecule has 4 unspecified atom stereocenters. The van der Waals surface area contributed by atoms with Crippen LogP contribution >= 0.6 is 0 Å². The third-order valence-corrected chi connectivity index (χ3v) is 36.8. The number of rotatable bonds is 6. The standard InChI is InChI=1S/2C17H15O.C6H10.2ClH.Hf/c2*1-12-10-14-4-3-5-16(17(14)11-12)13-6-8-15(18-2)9-7-13;1-2-4-6-5-3-1;;;/h2*3-11H,1-2H3;1-2H,3-6H2;2*1H;/q;;;;;+2/p-2. The molecule has 1 saturated heterocycles. The summed E-state index contributed by atoms with van der Waals surface area (Å²) >= 11 is -3.12. The molecule has 0 bridgehead atoms. The van der Waals surface area contributed by atoms with Gasteiger partial charge in [-0.2, -0.15) is 0 Å². The third kappa shape index (κ3) is 4.91. The monoisotopic (exact) mass is 802 g/mol. The summed E-state index contributed by atoms with van der Waals surface area (Å²) in [5.74, 6) is 1.82. The van der Waals surface area contributed by atoms with Gasteiger partial charge < -0.3 is 24.8 Å². The zero-order chi connectivity index (χ0) is 29.3. The largest absolute Gasteiger partial charge is 1.00 e. The average molecular weight is 802 g/mol. The first-order valence-electron chi connectivity index (χ1n) is 16.0. The van der Waals surface area contributed by atoms with Crippen molar-refractivity contribution in [3.63, 3.8) is 0 Å². The van der Waals surface area contributed by atoms with Crippen molar-refractivity contribution >= 4 is 12.2 Å². The van der Waals surface area contributed by atoms with E-state index >= 15 is 0 Å². The van der Waals surface area contributed by atoms with E-state index in [0.717, 1.165) is 18.8 Å². The molecule has 0 amide bonds. The minimum absolute atomic E-state index is 0. The predicted octanol–water partition coefficient (Wildman–Crippen LogP) is 4.98. The van der Waals surface area contributed by atoms with Crippen molar-refractivity contribution in [1.82, 2.24) is 0 Å². The van der Waals surface area contributed by atoms with Gasteiger partial charge in [-0.05, 0) is 0 Å². The zero-order valence-corrected chi connectivity index (χ0v) is 31.6. The van der Waals surface area contributed by atoms with Crippen LogP contribution in [0, 0.1) is 0 Å². The van der Waals surface area contributed by atoms with Crippen LogP contribution in [0.3, 0.4) is 0 Å². The number of hydrogen-bond acceptors (Lipinski definition) is 2. The van der Waals surface area contributed by atoms with E-state index in [1.807, 2.05) is 0 Å². The second-order valence-corrected chi connectivity index (χ2v) is 29.9. The van der Waals surface area contributed by atoms with Crippen molar-refractivity contribution < 1.29 is 54.3 Å². The number of ether oxygens (including phenoxy) is 2. The maximum atomic E-state index is 5.47. The van der Waals surface area contributed by atoms with Crippen molar-refractivity contribution in [2.75, 3.05) is 14.2 Å². The number of methoxy groups -OCH3 is 2. The van der Waals surface area contributed by atoms with Crippen molar-refractivity contribution in [3.05, 3.63) is 118 Å². The number of hydrogen-bond donors (Lipinski definition) is 0. The maximum Gasteiger partial charge on any atom is -1.00 e. The summed E-state index contributed by atoms with van der Waals surface area (Å²) in [7, 11) is 3.48. The van der Waals surface area contributed by atoms with Crippen LogP contribution in [0.2, 0.25) is 7.35 Å². The molecule has 4 aliphatic rings. The molecule has 0 aromatic heterocycles. The number of benzene rings is 4. The summed E-state index contributed by atoms with van der Waals surface area (Å²) in [6.45, 7) is 4.94. The van der Waals surface area contributed by atoms with Gasteiger partial charge in [0.15, 0.2) is 0 Å². The molecule has 0 radical (unpaired) electrons. The summed E-state index contributed by atoms with van der Waals surface area (Å²) in [6, 6.07) is 31.6. The van der Waals surface area contributed by atoms with Crippen molar-refractivity contribution in [1.29, 1.82) is 0 Å². The normalized spacial score (nSPS) is 24.0. The van der Waals surface area contributed by atoms with Gasteiger partial charge in [0.2, 0.25) is 0 Å². The fraction of sp³-hybridized carbons (Fsp3) is 0.300. The molecule has 2 fully saturated rings. The van der Waals surface area contributed by atoms with Gasteiger partial charge in [-0.25, -0.2) is 0 Å². The van der Waals surface area contributed by atoms with Crippen LogP contribution in [0.4, 0.5) is 0 Å². The van der Waals surface area contributed by atoms with Crippen molar-refractivity contribution in [3.8, 4) is 33.8 Å². The second kappa shape index (κ2) is 12.5. The Kier molecular flexibility index (Phi) is 9.02. The number of fused-ring (bicyclic) bond motifs is 3. The summed E-state index contributed by atoms with van der Waals surface area (Å²) in [4.78, 5) is 0. The average Bonchev–Trinajstić information content (AvgIpc) is 3.35. The molecule has 8 rings (SSSR count). The van der Waals surface area contributed by atoms with E-state index in [2.05, 4.69) is 111 Å². The quantitative estimate of drug-likeness (QED) is 0.257. The second-order valence-electron chi connectivity index (χ2n) is 13.2. The summed E-state index contributed by atoms with van der Waals surface area (Å²) in [6.07, 6.45) is 10.9. The van der Waals surface area contributed by atoms with E-state index in [4.69, 9.17) is 9.47 Å².